The lowest BCUT2D eigenvalue weighted by Gasteiger charge is -2.11. The summed E-state index contributed by atoms with van der Waals surface area (Å²) in [6, 6.07) is 5.99. The van der Waals surface area contributed by atoms with Crippen molar-refractivity contribution in [1.29, 1.82) is 5.26 Å². The number of carbonyl (C=O) groups is 1. The molecule has 0 fully saturated rings. The Morgan fingerprint density at radius 1 is 1.50 bits per heavy atom. The molecule has 0 heterocycles. The van der Waals surface area contributed by atoms with Crippen molar-refractivity contribution in [2.75, 3.05) is 0 Å². The van der Waals surface area contributed by atoms with Gasteiger partial charge in [0.25, 0.3) is 0 Å². The highest BCUT2D eigenvalue weighted by atomic mass is 79.9. The van der Waals surface area contributed by atoms with Crippen LogP contribution in [0.15, 0.2) is 22.7 Å². The number of rotatable bonds is 3. The Morgan fingerprint density at radius 2 is 2.12 bits per heavy atom. The smallest absolute Gasteiger partial charge is 0.180 e. The highest BCUT2D eigenvalue weighted by molar-refractivity contribution is 9.10. The van der Waals surface area contributed by atoms with Crippen molar-refractivity contribution < 1.29 is 9.18 Å². The number of benzene rings is 1. The van der Waals surface area contributed by atoms with Crippen molar-refractivity contribution in [3.05, 3.63) is 34.1 Å². The summed E-state index contributed by atoms with van der Waals surface area (Å²) in [5.74, 6) is -1.42. The van der Waals surface area contributed by atoms with Crippen molar-refractivity contribution in [3.63, 3.8) is 0 Å². The van der Waals surface area contributed by atoms with Crippen LogP contribution in [0.3, 0.4) is 0 Å². The van der Waals surface area contributed by atoms with Crippen LogP contribution in [0.4, 0.5) is 4.39 Å². The molecule has 1 atom stereocenters. The molecule has 0 aliphatic heterocycles. The standard InChI is InChI=1S/C12H11BrFNO/c1-7(2)9(6-15)12(16)8-3-4-11(14)10(13)5-8/h3-5,7,9H,1-2H3. The summed E-state index contributed by atoms with van der Waals surface area (Å²) in [5.41, 5.74) is 0.355. The van der Waals surface area contributed by atoms with E-state index in [0.717, 1.165) is 0 Å². The third-order valence-electron chi connectivity index (χ3n) is 2.29. The van der Waals surface area contributed by atoms with Crippen LogP contribution in [0.1, 0.15) is 24.2 Å². The second-order valence-electron chi connectivity index (χ2n) is 3.84. The van der Waals surface area contributed by atoms with Gasteiger partial charge in [0, 0.05) is 5.56 Å². The summed E-state index contributed by atoms with van der Waals surface area (Å²) in [5, 5.41) is 8.90. The van der Waals surface area contributed by atoms with Gasteiger partial charge in [-0.25, -0.2) is 4.39 Å². The number of halogens is 2. The molecule has 2 nitrogen and oxygen atoms in total. The highest BCUT2D eigenvalue weighted by Crippen LogP contribution is 2.21. The average Bonchev–Trinajstić information content (AvgIpc) is 2.22. The minimum absolute atomic E-state index is 0.0543. The van der Waals surface area contributed by atoms with Crippen molar-refractivity contribution >= 4 is 21.7 Å². The molecule has 0 aromatic heterocycles. The summed E-state index contributed by atoms with van der Waals surface area (Å²) in [6.07, 6.45) is 0. The van der Waals surface area contributed by atoms with Gasteiger partial charge in [-0.05, 0) is 40.0 Å². The Morgan fingerprint density at radius 3 is 2.56 bits per heavy atom. The molecule has 16 heavy (non-hydrogen) atoms. The van der Waals surface area contributed by atoms with Gasteiger partial charge in [-0.3, -0.25) is 4.79 Å². The molecule has 0 saturated heterocycles. The first-order chi connectivity index (χ1) is 7.47. The average molecular weight is 284 g/mol. The maximum atomic E-state index is 13.0. The van der Waals surface area contributed by atoms with Crippen molar-refractivity contribution in [2.24, 2.45) is 11.8 Å². The zero-order valence-corrected chi connectivity index (χ0v) is 10.6. The van der Waals surface area contributed by atoms with Crippen molar-refractivity contribution in [2.45, 2.75) is 13.8 Å². The van der Waals surface area contributed by atoms with Gasteiger partial charge in [0.05, 0.1) is 10.5 Å². The predicted molar refractivity (Wildman–Crippen MR) is 62.4 cm³/mol. The van der Waals surface area contributed by atoms with Gasteiger partial charge < -0.3 is 0 Å². The van der Waals surface area contributed by atoms with E-state index in [9.17, 15) is 9.18 Å². The van der Waals surface area contributed by atoms with Crippen molar-refractivity contribution in [1.82, 2.24) is 0 Å². The molecule has 0 amide bonds. The first kappa shape index (κ1) is 12.9. The van der Waals surface area contributed by atoms with E-state index in [1.807, 2.05) is 19.9 Å². The van der Waals surface area contributed by atoms with Crippen LogP contribution in [0.5, 0.6) is 0 Å². The Balaban J connectivity index is 3.06. The largest absolute Gasteiger partial charge is 0.293 e. The minimum Gasteiger partial charge on any atom is -0.293 e. The van der Waals surface area contributed by atoms with E-state index in [1.54, 1.807) is 0 Å². The van der Waals surface area contributed by atoms with E-state index in [4.69, 9.17) is 5.26 Å². The lowest BCUT2D eigenvalue weighted by molar-refractivity contribution is 0.0924. The van der Waals surface area contributed by atoms with E-state index in [0.29, 0.717) is 5.56 Å². The Labute approximate surface area is 102 Å². The van der Waals surface area contributed by atoms with E-state index in [2.05, 4.69) is 15.9 Å². The van der Waals surface area contributed by atoms with Crippen LogP contribution in [0.2, 0.25) is 0 Å². The molecule has 0 aliphatic carbocycles. The second-order valence-corrected chi connectivity index (χ2v) is 4.70. The van der Waals surface area contributed by atoms with Gasteiger partial charge in [0.1, 0.15) is 11.7 Å². The molecule has 0 saturated carbocycles. The number of carbonyl (C=O) groups excluding carboxylic acids is 1. The van der Waals surface area contributed by atoms with Gasteiger partial charge in [-0.2, -0.15) is 5.26 Å². The lowest BCUT2D eigenvalue weighted by atomic mass is 9.89. The fourth-order valence-corrected chi connectivity index (χ4v) is 1.72. The summed E-state index contributed by atoms with van der Waals surface area (Å²) in [7, 11) is 0. The molecule has 84 valence electrons. The molecular formula is C12H11BrFNO. The maximum absolute atomic E-state index is 13.0. The molecule has 1 rings (SSSR count). The molecule has 1 unspecified atom stereocenters. The van der Waals surface area contributed by atoms with E-state index in [-0.39, 0.29) is 16.2 Å². The molecule has 0 bridgehead atoms. The zero-order chi connectivity index (χ0) is 12.3. The minimum atomic E-state index is -0.683. The Hall–Kier alpha value is -1.21. The van der Waals surface area contributed by atoms with Gasteiger partial charge >= 0.3 is 0 Å². The number of nitrogens with zero attached hydrogens (tertiary/aromatic N) is 1. The third-order valence-corrected chi connectivity index (χ3v) is 2.90. The fourth-order valence-electron chi connectivity index (χ4n) is 1.34. The normalized spacial score (nSPS) is 12.2. The van der Waals surface area contributed by atoms with Gasteiger partial charge in [0.2, 0.25) is 0 Å². The molecule has 0 spiro atoms. The first-order valence-corrected chi connectivity index (χ1v) is 5.65. The van der Waals surface area contributed by atoms with Crippen LogP contribution in [0, 0.1) is 29.0 Å². The highest BCUT2D eigenvalue weighted by Gasteiger charge is 2.23. The topological polar surface area (TPSA) is 40.9 Å². The summed E-state index contributed by atoms with van der Waals surface area (Å²) < 4.78 is 13.2. The Kier molecular flexibility index (Phi) is 4.19. The third kappa shape index (κ3) is 2.67. The van der Waals surface area contributed by atoms with Crippen LogP contribution >= 0.6 is 15.9 Å². The van der Waals surface area contributed by atoms with E-state index < -0.39 is 11.7 Å². The van der Waals surface area contributed by atoms with Crippen LogP contribution < -0.4 is 0 Å². The molecule has 0 radical (unpaired) electrons. The van der Waals surface area contributed by atoms with Gasteiger partial charge in [-0.1, -0.05) is 13.8 Å². The molecular weight excluding hydrogens is 273 g/mol. The number of nitriles is 1. The molecule has 0 aliphatic rings. The summed E-state index contributed by atoms with van der Waals surface area (Å²) >= 11 is 3.01. The monoisotopic (exact) mass is 283 g/mol. The number of Topliss-reactive ketones (excluding diaryl/α,β-unsaturated/α-hetero) is 1. The quantitative estimate of drug-likeness (QED) is 0.796. The molecule has 1 aromatic rings. The van der Waals surface area contributed by atoms with E-state index in [1.165, 1.54) is 18.2 Å². The maximum Gasteiger partial charge on any atom is 0.180 e. The number of hydrogen-bond acceptors (Lipinski definition) is 2. The zero-order valence-electron chi connectivity index (χ0n) is 9.00. The first-order valence-electron chi connectivity index (χ1n) is 4.86. The van der Waals surface area contributed by atoms with Crippen molar-refractivity contribution in [3.8, 4) is 6.07 Å². The molecule has 0 N–H and O–H groups in total. The van der Waals surface area contributed by atoms with Crippen LogP contribution in [0.25, 0.3) is 0 Å². The van der Waals surface area contributed by atoms with Crippen LogP contribution in [-0.4, -0.2) is 5.78 Å². The summed E-state index contributed by atoms with van der Waals surface area (Å²) in [4.78, 5) is 11.9. The summed E-state index contributed by atoms with van der Waals surface area (Å²) in [6.45, 7) is 3.62. The number of hydrogen-bond donors (Lipinski definition) is 0. The second kappa shape index (κ2) is 5.22. The molecule has 4 heteroatoms. The van der Waals surface area contributed by atoms with Gasteiger partial charge in [0.15, 0.2) is 5.78 Å². The lowest BCUT2D eigenvalue weighted by Crippen LogP contribution is -2.18. The number of ketones is 1. The predicted octanol–water partition coefficient (Wildman–Crippen LogP) is 3.57. The fraction of sp³-hybridized carbons (Fsp3) is 0.333. The Bertz CT molecular complexity index is 451. The van der Waals surface area contributed by atoms with Gasteiger partial charge in [-0.15, -0.1) is 0 Å². The van der Waals surface area contributed by atoms with Crippen LogP contribution in [-0.2, 0) is 0 Å². The van der Waals surface area contributed by atoms with E-state index >= 15 is 0 Å². The SMILES string of the molecule is CC(C)C(C#N)C(=O)c1ccc(F)c(Br)c1. The molecule has 1 aromatic carbocycles.